The molecule has 1 aromatic heterocycles. The van der Waals surface area contributed by atoms with E-state index in [1.54, 1.807) is 12.1 Å². The number of benzene rings is 2. The summed E-state index contributed by atoms with van der Waals surface area (Å²) in [5, 5.41) is 7.06. The van der Waals surface area contributed by atoms with Gasteiger partial charge >= 0.3 is 6.03 Å². The lowest BCUT2D eigenvalue weighted by Gasteiger charge is -2.31. The summed E-state index contributed by atoms with van der Waals surface area (Å²) in [7, 11) is -3.49. The number of sulfonamides is 1. The van der Waals surface area contributed by atoms with Crippen molar-refractivity contribution in [2.45, 2.75) is 37.1 Å². The summed E-state index contributed by atoms with van der Waals surface area (Å²) in [5.41, 5.74) is 3.29. The average Bonchev–Trinajstić information content (AvgIpc) is 3.18. The molecule has 8 heteroatoms. The lowest BCUT2D eigenvalue weighted by molar-refractivity contribution is 0.228. The smallest absolute Gasteiger partial charge is 0.315 e. The van der Waals surface area contributed by atoms with Crippen molar-refractivity contribution in [3.8, 4) is 0 Å². The molecule has 1 saturated heterocycles. The van der Waals surface area contributed by atoms with Crippen molar-refractivity contribution in [2.75, 3.05) is 19.6 Å². The van der Waals surface area contributed by atoms with Crippen LogP contribution in [0.5, 0.6) is 0 Å². The first-order chi connectivity index (χ1) is 14.9. The maximum Gasteiger partial charge on any atom is 0.315 e. The summed E-state index contributed by atoms with van der Waals surface area (Å²) in [6, 6.07) is 14.8. The number of aromatic nitrogens is 1. The van der Waals surface area contributed by atoms with E-state index in [0.717, 1.165) is 17.5 Å². The Morgan fingerprint density at radius 1 is 1.10 bits per heavy atom. The quantitative estimate of drug-likeness (QED) is 0.550. The Bertz CT molecular complexity index is 1150. The number of fused-ring (bicyclic) bond motifs is 1. The zero-order chi connectivity index (χ0) is 21.8. The summed E-state index contributed by atoms with van der Waals surface area (Å²) in [6.07, 6.45) is 3.92. The van der Waals surface area contributed by atoms with Gasteiger partial charge in [-0.25, -0.2) is 13.2 Å². The third-order valence-electron chi connectivity index (χ3n) is 5.80. The van der Waals surface area contributed by atoms with E-state index in [-0.39, 0.29) is 12.1 Å². The molecule has 3 N–H and O–H groups in total. The van der Waals surface area contributed by atoms with Gasteiger partial charge in [-0.15, -0.1) is 0 Å². The predicted molar refractivity (Wildman–Crippen MR) is 121 cm³/mol. The van der Waals surface area contributed by atoms with Crippen molar-refractivity contribution in [1.82, 2.24) is 19.9 Å². The number of aryl methyl sites for hydroxylation is 1. The first kappa shape index (κ1) is 21.4. The molecule has 31 heavy (non-hydrogen) atoms. The highest BCUT2D eigenvalue weighted by Crippen LogP contribution is 2.21. The van der Waals surface area contributed by atoms with Crippen LogP contribution in [0.15, 0.2) is 59.6 Å². The molecule has 4 rings (SSSR count). The molecule has 1 fully saturated rings. The molecule has 0 radical (unpaired) electrons. The van der Waals surface area contributed by atoms with Crippen LogP contribution in [0.2, 0.25) is 0 Å². The number of carbonyl (C=O) groups is 1. The van der Waals surface area contributed by atoms with E-state index >= 15 is 0 Å². The highest BCUT2D eigenvalue weighted by Gasteiger charge is 2.29. The van der Waals surface area contributed by atoms with Gasteiger partial charge in [-0.1, -0.05) is 35.9 Å². The zero-order valence-corrected chi connectivity index (χ0v) is 18.4. The molecule has 1 aliphatic rings. The average molecular weight is 441 g/mol. The lowest BCUT2D eigenvalue weighted by Crippen LogP contribution is -2.49. The Hall–Kier alpha value is -2.84. The van der Waals surface area contributed by atoms with Crippen LogP contribution in [0.1, 0.15) is 24.0 Å². The number of para-hydroxylation sites is 1. The Balaban J connectivity index is 1.23. The lowest BCUT2D eigenvalue weighted by atomic mass is 10.1. The van der Waals surface area contributed by atoms with E-state index in [2.05, 4.69) is 21.7 Å². The fraction of sp³-hybridized carbons (Fsp3) is 0.348. The minimum atomic E-state index is -3.49. The highest BCUT2D eigenvalue weighted by molar-refractivity contribution is 7.89. The van der Waals surface area contributed by atoms with Crippen LogP contribution in [0.4, 0.5) is 4.79 Å². The van der Waals surface area contributed by atoms with Crippen LogP contribution in [0, 0.1) is 6.92 Å². The Morgan fingerprint density at radius 2 is 1.81 bits per heavy atom. The normalized spacial score (nSPS) is 15.8. The second-order valence-corrected chi connectivity index (χ2v) is 9.94. The van der Waals surface area contributed by atoms with Gasteiger partial charge in [0.25, 0.3) is 0 Å². The fourth-order valence-corrected chi connectivity index (χ4v) is 5.46. The first-order valence-corrected chi connectivity index (χ1v) is 12.0. The molecular formula is C23H28N4O3S. The van der Waals surface area contributed by atoms with Gasteiger partial charge in [0.2, 0.25) is 10.0 Å². The van der Waals surface area contributed by atoms with Crippen LogP contribution in [-0.4, -0.2) is 49.4 Å². The van der Waals surface area contributed by atoms with Crippen molar-refractivity contribution in [1.29, 1.82) is 0 Å². The number of aromatic amines is 1. The molecule has 0 spiro atoms. The molecular weight excluding hydrogens is 412 g/mol. The Morgan fingerprint density at radius 3 is 2.55 bits per heavy atom. The molecule has 164 valence electrons. The number of nitrogens with one attached hydrogen (secondary N) is 3. The van der Waals surface area contributed by atoms with Crippen molar-refractivity contribution < 1.29 is 13.2 Å². The maximum absolute atomic E-state index is 12.8. The molecule has 2 amide bonds. The van der Waals surface area contributed by atoms with Crippen molar-refractivity contribution in [2.24, 2.45) is 0 Å². The predicted octanol–water partition coefficient (Wildman–Crippen LogP) is 3.17. The second-order valence-electron chi connectivity index (χ2n) is 8.00. The zero-order valence-electron chi connectivity index (χ0n) is 17.6. The number of rotatable bonds is 6. The van der Waals surface area contributed by atoms with Crippen LogP contribution in [0.25, 0.3) is 10.9 Å². The number of carbonyl (C=O) groups excluding carboxylic acids is 1. The van der Waals surface area contributed by atoms with E-state index in [1.807, 2.05) is 43.5 Å². The van der Waals surface area contributed by atoms with Crippen molar-refractivity contribution in [3.05, 3.63) is 65.9 Å². The van der Waals surface area contributed by atoms with E-state index in [9.17, 15) is 13.2 Å². The molecule has 0 atom stereocenters. The standard InChI is InChI=1S/C23H28N4O3S/c1-17-6-8-20(9-7-17)31(29,30)27-14-11-19(12-15-27)26-23(28)24-13-10-18-16-25-22-5-3-2-4-21(18)22/h2-9,16,19,25H,10-15H2,1H3,(H2,24,26,28). The Labute approximate surface area is 182 Å². The third kappa shape index (κ3) is 4.91. The molecule has 0 bridgehead atoms. The monoisotopic (exact) mass is 440 g/mol. The van der Waals surface area contributed by atoms with Crippen molar-refractivity contribution in [3.63, 3.8) is 0 Å². The number of H-pyrrole nitrogens is 1. The molecule has 0 aliphatic carbocycles. The van der Waals surface area contributed by atoms with Gasteiger partial charge in [0.05, 0.1) is 4.90 Å². The summed E-state index contributed by atoms with van der Waals surface area (Å²) in [4.78, 5) is 15.8. The molecule has 7 nitrogen and oxygen atoms in total. The van der Waals surface area contributed by atoms with Gasteiger partial charge in [0.1, 0.15) is 0 Å². The van der Waals surface area contributed by atoms with E-state index < -0.39 is 10.0 Å². The van der Waals surface area contributed by atoms with Crippen LogP contribution in [-0.2, 0) is 16.4 Å². The first-order valence-electron chi connectivity index (χ1n) is 10.6. The fourth-order valence-electron chi connectivity index (χ4n) is 3.99. The van der Waals surface area contributed by atoms with E-state index in [1.165, 1.54) is 15.3 Å². The van der Waals surface area contributed by atoms with Crippen molar-refractivity contribution >= 4 is 27.0 Å². The van der Waals surface area contributed by atoms with Crippen LogP contribution >= 0.6 is 0 Å². The van der Waals surface area contributed by atoms with E-state index in [4.69, 9.17) is 0 Å². The van der Waals surface area contributed by atoms with Gasteiger partial charge < -0.3 is 15.6 Å². The molecule has 0 unspecified atom stereocenters. The second kappa shape index (κ2) is 9.11. The number of urea groups is 1. The number of amides is 2. The minimum absolute atomic E-state index is 0.0300. The van der Waals surface area contributed by atoms with E-state index in [0.29, 0.717) is 37.4 Å². The van der Waals surface area contributed by atoms with Gasteiger partial charge in [-0.3, -0.25) is 0 Å². The molecule has 2 heterocycles. The maximum atomic E-state index is 12.8. The largest absolute Gasteiger partial charge is 0.361 e. The molecule has 0 saturated carbocycles. The molecule has 2 aromatic carbocycles. The Kier molecular flexibility index (Phi) is 6.29. The number of hydrogen-bond acceptors (Lipinski definition) is 3. The van der Waals surface area contributed by atoms with Gasteiger partial charge in [-0.05, 0) is 49.9 Å². The summed E-state index contributed by atoms with van der Waals surface area (Å²) < 4.78 is 27.1. The SMILES string of the molecule is Cc1ccc(S(=O)(=O)N2CCC(NC(=O)NCCc3c[nH]c4ccccc34)CC2)cc1. The topological polar surface area (TPSA) is 94.3 Å². The minimum Gasteiger partial charge on any atom is -0.361 e. The van der Waals surface area contributed by atoms with Gasteiger partial charge in [0.15, 0.2) is 0 Å². The van der Waals surface area contributed by atoms with Crippen LogP contribution in [0.3, 0.4) is 0 Å². The molecule has 1 aliphatic heterocycles. The number of nitrogens with zero attached hydrogens (tertiary/aromatic N) is 1. The van der Waals surface area contributed by atoms with Gasteiger partial charge in [0, 0.05) is 42.8 Å². The summed E-state index contributed by atoms with van der Waals surface area (Å²) in [6.45, 7) is 3.26. The van der Waals surface area contributed by atoms with Crippen LogP contribution < -0.4 is 10.6 Å². The number of hydrogen-bond donors (Lipinski definition) is 3. The number of piperidine rings is 1. The highest BCUT2D eigenvalue weighted by atomic mass is 32.2. The van der Waals surface area contributed by atoms with Gasteiger partial charge in [-0.2, -0.15) is 4.31 Å². The molecule has 3 aromatic rings. The third-order valence-corrected chi connectivity index (χ3v) is 7.72. The summed E-state index contributed by atoms with van der Waals surface area (Å²) in [5.74, 6) is 0. The summed E-state index contributed by atoms with van der Waals surface area (Å²) >= 11 is 0.